The van der Waals surface area contributed by atoms with Gasteiger partial charge in [-0.3, -0.25) is 4.79 Å². The zero-order valence-electron chi connectivity index (χ0n) is 13.4. The monoisotopic (exact) mass is 329 g/mol. The first kappa shape index (κ1) is 17.6. The molecule has 0 atom stereocenters. The van der Waals surface area contributed by atoms with Gasteiger partial charge in [0.15, 0.2) is 0 Å². The van der Waals surface area contributed by atoms with Crippen molar-refractivity contribution in [2.75, 3.05) is 18.0 Å². The molecule has 0 bridgehead atoms. The number of piperidine rings is 1. The maximum Gasteiger partial charge on any atom is 0.433 e. The van der Waals surface area contributed by atoms with Gasteiger partial charge in [0.05, 0.1) is 0 Å². The molecule has 0 saturated carbocycles. The Hall–Kier alpha value is -1.79. The Morgan fingerprint density at radius 3 is 2.57 bits per heavy atom. The van der Waals surface area contributed by atoms with Crippen molar-refractivity contribution < 1.29 is 18.0 Å². The lowest BCUT2D eigenvalue weighted by atomic mass is 9.99. The topological polar surface area (TPSA) is 45.2 Å². The highest BCUT2D eigenvalue weighted by Gasteiger charge is 2.34. The predicted octanol–water partition coefficient (Wildman–Crippen LogP) is 3.36. The highest BCUT2D eigenvalue weighted by atomic mass is 19.4. The lowest BCUT2D eigenvalue weighted by molar-refractivity contribution is -0.141. The van der Waals surface area contributed by atoms with Crippen LogP contribution in [0.5, 0.6) is 0 Å². The van der Waals surface area contributed by atoms with Crippen LogP contribution in [0, 0.1) is 5.92 Å². The number of anilines is 1. The molecule has 1 N–H and O–H groups in total. The summed E-state index contributed by atoms with van der Waals surface area (Å²) in [5, 5.41) is 2.71. The molecule has 0 aliphatic carbocycles. The standard InChI is InChI=1S/C16H22F3N3O/c1-3-14(23)20-10-12-4-5-13(16(17,18)19)21-15(12)22-8-6-11(2)7-9-22/h4-5,11H,3,6-10H2,1-2H3,(H,20,23). The summed E-state index contributed by atoms with van der Waals surface area (Å²) in [5.41, 5.74) is -0.272. The molecule has 128 valence electrons. The third-order valence-electron chi connectivity index (χ3n) is 4.13. The van der Waals surface area contributed by atoms with E-state index >= 15 is 0 Å². The molecular formula is C16H22F3N3O. The van der Waals surface area contributed by atoms with Crippen molar-refractivity contribution in [3.8, 4) is 0 Å². The minimum atomic E-state index is -4.47. The first-order valence-electron chi connectivity index (χ1n) is 7.90. The molecule has 2 rings (SSSR count). The minimum Gasteiger partial charge on any atom is -0.356 e. The van der Waals surface area contributed by atoms with Gasteiger partial charge in [-0.05, 0) is 24.8 Å². The fraction of sp³-hybridized carbons (Fsp3) is 0.625. The van der Waals surface area contributed by atoms with Gasteiger partial charge < -0.3 is 10.2 Å². The number of pyridine rings is 1. The van der Waals surface area contributed by atoms with E-state index in [1.807, 2.05) is 4.90 Å². The minimum absolute atomic E-state index is 0.136. The van der Waals surface area contributed by atoms with Gasteiger partial charge in [-0.1, -0.05) is 19.9 Å². The van der Waals surface area contributed by atoms with Crippen molar-refractivity contribution in [1.29, 1.82) is 0 Å². The number of rotatable bonds is 4. The second-order valence-corrected chi connectivity index (χ2v) is 5.98. The Bertz CT molecular complexity index is 552. The maximum atomic E-state index is 12.9. The van der Waals surface area contributed by atoms with Crippen LogP contribution in [0.3, 0.4) is 0 Å². The summed E-state index contributed by atoms with van der Waals surface area (Å²) in [6.07, 6.45) is -2.27. The van der Waals surface area contributed by atoms with Gasteiger partial charge in [0.1, 0.15) is 11.5 Å². The van der Waals surface area contributed by atoms with Crippen molar-refractivity contribution in [2.45, 2.75) is 45.8 Å². The SMILES string of the molecule is CCC(=O)NCc1ccc(C(F)(F)F)nc1N1CCC(C)CC1. The smallest absolute Gasteiger partial charge is 0.356 e. The number of halogens is 3. The molecule has 1 fully saturated rings. The fourth-order valence-electron chi connectivity index (χ4n) is 2.59. The number of carbonyl (C=O) groups is 1. The van der Waals surface area contributed by atoms with Crippen molar-refractivity contribution in [3.05, 3.63) is 23.4 Å². The van der Waals surface area contributed by atoms with E-state index in [1.165, 1.54) is 6.07 Å². The van der Waals surface area contributed by atoms with Gasteiger partial charge in [-0.2, -0.15) is 13.2 Å². The van der Waals surface area contributed by atoms with Crippen LogP contribution in [-0.2, 0) is 17.5 Å². The first-order valence-corrected chi connectivity index (χ1v) is 7.90. The van der Waals surface area contributed by atoms with Crippen molar-refractivity contribution in [2.24, 2.45) is 5.92 Å². The van der Waals surface area contributed by atoms with Crippen LogP contribution in [0.1, 0.15) is 44.4 Å². The number of amides is 1. The normalized spacial score (nSPS) is 16.5. The summed E-state index contributed by atoms with van der Waals surface area (Å²) < 4.78 is 38.8. The van der Waals surface area contributed by atoms with Gasteiger partial charge in [0.2, 0.25) is 5.91 Å². The lowest BCUT2D eigenvalue weighted by Gasteiger charge is -2.33. The molecule has 4 nitrogen and oxygen atoms in total. The second kappa shape index (κ2) is 7.19. The van der Waals surface area contributed by atoms with E-state index in [9.17, 15) is 18.0 Å². The van der Waals surface area contributed by atoms with E-state index < -0.39 is 11.9 Å². The molecule has 1 saturated heterocycles. The number of carbonyl (C=O) groups excluding carboxylic acids is 1. The average Bonchev–Trinajstić information content (AvgIpc) is 2.52. The van der Waals surface area contributed by atoms with E-state index in [-0.39, 0.29) is 12.5 Å². The van der Waals surface area contributed by atoms with E-state index in [0.717, 1.165) is 18.9 Å². The molecule has 1 aromatic heterocycles. The van der Waals surface area contributed by atoms with Crippen LogP contribution in [0.15, 0.2) is 12.1 Å². The van der Waals surface area contributed by atoms with Gasteiger partial charge in [0.25, 0.3) is 0 Å². The van der Waals surface area contributed by atoms with Crippen molar-refractivity contribution >= 4 is 11.7 Å². The molecule has 1 aromatic rings. The van der Waals surface area contributed by atoms with E-state index in [0.29, 0.717) is 36.8 Å². The van der Waals surface area contributed by atoms with E-state index in [2.05, 4.69) is 17.2 Å². The molecule has 1 aliphatic heterocycles. The molecule has 0 unspecified atom stereocenters. The molecule has 7 heteroatoms. The Balaban J connectivity index is 2.27. The van der Waals surface area contributed by atoms with E-state index in [1.54, 1.807) is 6.92 Å². The molecule has 23 heavy (non-hydrogen) atoms. The van der Waals surface area contributed by atoms with Crippen molar-refractivity contribution in [3.63, 3.8) is 0 Å². The second-order valence-electron chi connectivity index (χ2n) is 5.98. The lowest BCUT2D eigenvalue weighted by Crippen LogP contribution is -2.35. The summed E-state index contributed by atoms with van der Waals surface area (Å²) in [6, 6.07) is 2.39. The van der Waals surface area contributed by atoms with Crippen LogP contribution >= 0.6 is 0 Å². The maximum absolute atomic E-state index is 12.9. The highest BCUT2D eigenvalue weighted by Crippen LogP contribution is 2.32. The summed E-state index contributed by atoms with van der Waals surface area (Å²) in [6.45, 7) is 5.43. The average molecular weight is 329 g/mol. The number of alkyl halides is 3. The number of hydrogen-bond acceptors (Lipinski definition) is 3. The molecule has 2 heterocycles. The zero-order chi connectivity index (χ0) is 17.0. The number of nitrogens with one attached hydrogen (secondary N) is 1. The summed E-state index contributed by atoms with van der Waals surface area (Å²) >= 11 is 0. The molecular weight excluding hydrogens is 307 g/mol. The third-order valence-corrected chi connectivity index (χ3v) is 4.13. The van der Waals surface area contributed by atoms with Gasteiger partial charge >= 0.3 is 6.18 Å². The Morgan fingerprint density at radius 2 is 2.00 bits per heavy atom. The van der Waals surface area contributed by atoms with Crippen LogP contribution in [-0.4, -0.2) is 24.0 Å². The summed E-state index contributed by atoms with van der Waals surface area (Å²) in [5.74, 6) is 0.770. The van der Waals surface area contributed by atoms with Crippen LogP contribution in [0.4, 0.5) is 19.0 Å². The van der Waals surface area contributed by atoms with Gasteiger partial charge in [-0.25, -0.2) is 4.98 Å². The number of hydrogen-bond donors (Lipinski definition) is 1. The quantitative estimate of drug-likeness (QED) is 0.921. The molecule has 0 radical (unpaired) electrons. The van der Waals surface area contributed by atoms with E-state index in [4.69, 9.17) is 0 Å². The molecule has 0 aromatic carbocycles. The summed E-state index contributed by atoms with van der Waals surface area (Å²) in [4.78, 5) is 17.2. The zero-order valence-corrected chi connectivity index (χ0v) is 13.4. The van der Waals surface area contributed by atoms with Crippen LogP contribution in [0.2, 0.25) is 0 Å². The Kier molecular flexibility index (Phi) is 5.49. The van der Waals surface area contributed by atoms with Crippen LogP contribution < -0.4 is 10.2 Å². The highest BCUT2D eigenvalue weighted by molar-refractivity contribution is 5.75. The van der Waals surface area contributed by atoms with Crippen molar-refractivity contribution in [1.82, 2.24) is 10.3 Å². The summed E-state index contributed by atoms with van der Waals surface area (Å²) in [7, 11) is 0. The largest absolute Gasteiger partial charge is 0.433 e. The fourth-order valence-corrected chi connectivity index (χ4v) is 2.59. The van der Waals surface area contributed by atoms with Gasteiger partial charge in [-0.15, -0.1) is 0 Å². The Morgan fingerprint density at radius 1 is 1.35 bits per heavy atom. The molecule has 1 amide bonds. The molecule has 1 aliphatic rings. The van der Waals surface area contributed by atoms with Gasteiger partial charge in [0, 0.05) is 31.6 Å². The molecule has 0 spiro atoms. The third kappa shape index (κ3) is 4.59. The predicted molar refractivity (Wildman–Crippen MR) is 82.0 cm³/mol. The number of nitrogens with zero attached hydrogens (tertiary/aromatic N) is 2. The first-order chi connectivity index (χ1) is 10.8. The van der Waals surface area contributed by atoms with Crippen LogP contribution in [0.25, 0.3) is 0 Å². The number of aromatic nitrogens is 1. The Labute approximate surface area is 134 Å².